The lowest BCUT2D eigenvalue weighted by Gasteiger charge is -2.20. The number of benzene rings is 2. The molecule has 0 spiro atoms. The SMILES string of the molecule is Cn1cnc(S(=O)(=O)N2CC(NCc3ccccc3F)C(c3ccc(F)cc3)C2)c1. The first-order valence-corrected chi connectivity index (χ1v) is 11.0. The predicted octanol–water partition coefficient (Wildman–Crippen LogP) is 2.64. The van der Waals surface area contributed by atoms with Gasteiger partial charge in [0.2, 0.25) is 0 Å². The first-order valence-electron chi connectivity index (χ1n) is 9.55. The van der Waals surface area contributed by atoms with Crippen LogP contribution >= 0.6 is 0 Å². The number of rotatable bonds is 6. The van der Waals surface area contributed by atoms with Crippen molar-refractivity contribution in [3.63, 3.8) is 0 Å². The molecule has 2 aromatic carbocycles. The Morgan fingerprint density at radius 2 is 1.83 bits per heavy atom. The van der Waals surface area contributed by atoms with Crippen molar-refractivity contribution < 1.29 is 17.2 Å². The molecular formula is C21H22F2N4O2S. The summed E-state index contributed by atoms with van der Waals surface area (Å²) >= 11 is 0. The van der Waals surface area contributed by atoms with Gasteiger partial charge in [0.1, 0.15) is 11.6 Å². The molecule has 1 aliphatic rings. The van der Waals surface area contributed by atoms with Crippen molar-refractivity contribution in [1.29, 1.82) is 0 Å². The molecule has 1 aromatic heterocycles. The number of halogens is 2. The van der Waals surface area contributed by atoms with Crippen LogP contribution in [0.2, 0.25) is 0 Å². The minimum atomic E-state index is -3.78. The third kappa shape index (κ3) is 4.14. The summed E-state index contributed by atoms with van der Waals surface area (Å²) in [5, 5.41) is 3.28. The lowest BCUT2D eigenvalue weighted by molar-refractivity contribution is 0.451. The summed E-state index contributed by atoms with van der Waals surface area (Å²) in [5.74, 6) is -0.888. The summed E-state index contributed by atoms with van der Waals surface area (Å²) in [6, 6.07) is 12.2. The van der Waals surface area contributed by atoms with Crippen LogP contribution in [0.5, 0.6) is 0 Å². The normalized spacial score (nSPS) is 20.0. The molecule has 2 heterocycles. The van der Waals surface area contributed by atoms with Gasteiger partial charge in [0.25, 0.3) is 10.0 Å². The van der Waals surface area contributed by atoms with Crippen LogP contribution in [-0.4, -0.2) is 41.4 Å². The largest absolute Gasteiger partial charge is 0.339 e. The van der Waals surface area contributed by atoms with E-state index in [-0.39, 0.29) is 48.3 Å². The maximum atomic E-state index is 14.0. The van der Waals surface area contributed by atoms with E-state index in [4.69, 9.17) is 0 Å². The fraction of sp³-hybridized carbons (Fsp3) is 0.286. The van der Waals surface area contributed by atoms with Crippen LogP contribution in [-0.2, 0) is 23.6 Å². The molecule has 0 radical (unpaired) electrons. The molecule has 1 saturated heterocycles. The van der Waals surface area contributed by atoms with Crippen molar-refractivity contribution in [3.05, 3.63) is 83.8 Å². The summed E-state index contributed by atoms with van der Waals surface area (Å²) in [5.41, 5.74) is 1.32. The van der Waals surface area contributed by atoms with E-state index in [1.54, 1.807) is 41.9 Å². The molecule has 2 atom stereocenters. The van der Waals surface area contributed by atoms with Crippen molar-refractivity contribution >= 4 is 10.0 Å². The first-order chi connectivity index (χ1) is 14.3. The molecule has 6 nitrogen and oxygen atoms in total. The standard InChI is InChI=1S/C21H22F2N4O2S/c1-26-13-21(25-14-26)30(28,29)27-11-18(15-6-8-17(22)9-7-15)20(12-27)24-10-16-4-2-3-5-19(16)23/h2-9,13-14,18,20,24H,10-12H2,1H3. The Hall–Kier alpha value is -2.62. The van der Waals surface area contributed by atoms with E-state index < -0.39 is 10.0 Å². The zero-order valence-electron chi connectivity index (χ0n) is 16.4. The Balaban J connectivity index is 1.60. The highest BCUT2D eigenvalue weighted by Crippen LogP contribution is 2.31. The summed E-state index contributed by atoms with van der Waals surface area (Å²) in [6.07, 6.45) is 2.90. The number of aryl methyl sites for hydroxylation is 1. The number of hydrogen-bond acceptors (Lipinski definition) is 4. The number of sulfonamides is 1. The maximum absolute atomic E-state index is 14.0. The zero-order chi connectivity index (χ0) is 21.3. The van der Waals surface area contributed by atoms with Gasteiger partial charge in [0, 0.05) is 50.4 Å². The van der Waals surface area contributed by atoms with Gasteiger partial charge in [-0.2, -0.15) is 4.31 Å². The van der Waals surface area contributed by atoms with Crippen LogP contribution < -0.4 is 5.32 Å². The second-order valence-electron chi connectivity index (χ2n) is 7.44. The van der Waals surface area contributed by atoms with E-state index in [2.05, 4.69) is 10.3 Å². The van der Waals surface area contributed by atoms with Crippen molar-refractivity contribution in [2.75, 3.05) is 13.1 Å². The smallest absolute Gasteiger partial charge is 0.262 e. The van der Waals surface area contributed by atoms with E-state index in [0.29, 0.717) is 5.56 Å². The molecule has 0 amide bonds. The Kier molecular flexibility index (Phi) is 5.68. The number of aromatic nitrogens is 2. The molecule has 1 N–H and O–H groups in total. The van der Waals surface area contributed by atoms with Gasteiger partial charge in [0.15, 0.2) is 5.03 Å². The minimum Gasteiger partial charge on any atom is -0.339 e. The van der Waals surface area contributed by atoms with Gasteiger partial charge < -0.3 is 9.88 Å². The molecule has 158 valence electrons. The second-order valence-corrected chi connectivity index (χ2v) is 9.32. The molecule has 1 aliphatic heterocycles. The van der Waals surface area contributed by atoms with Crippen molar-refractivity contribution in [2.24, 2.45) is 7.05 Å². The van der Waals surface area contributed by atoms with Gasteiger partial charge in [-0.05, 0) is 23.8 Å². The number of imidazole rings is 1. The average Bonchev–Trinajstić information content (AvgIpc) is 3.35. The molecule has 1 fully saturated rings. The molecule has 4 rings (SSSR count). The molecule has 0 saturated carbocycles. The molecule has 0 bridgehead atoms. The van der Waals surface area contributed by atoms with Crippen molar-refractivity contribution in [2.45, 2.75) is 23.5 Å². The third-order valence-corrected chi connectivity index (χ3v) is 7.10. The molecule has 30 heavy (non-hydrogen) atoms. The third-order valence-electron chi connectivity index (χ3n) is 5.38. The quantitative estimate of drug-likeness (QED) is 0.650. The molecule has 2 unspecified atom stereocenters. The van der Waals surface area contributed by atoms with Crippen LogP contribution in [0.25, 0.3) is 0 Å². The van der Waals surface area contributed by atoms with Crippen LogP contribution in [0.1, 0.15) is 17.0 Å². The first kappa shape index (κ1) is 20.6. The lowest BCUT2D eigenvalue weighted by atomic mass is 9.94. The molecule has 0 aliphatic carbocycles. The van der Waals surface area contributed by atoms with Gasteiger partial charge in [-0.15, -0.1) is 0 Å². The van der Waals surface area contributed by atoms with E-state index >= 15 is 0 Å². The van der Waals surface area contributed by atoms with Crippen LogP contribution in [0.15, 0.2) is 66.1 Å². The van der Waals surface area contributed by atoms with E-state index in [9.17, 15) is 17.2 Å². The fourth-order valence-electron chi connectivity index (χ4n) is 3.76. The minimum absolute atomic E-state index is 0.0161. The van der Waals surface area contributed by atoms with E-state index in [0.717, 1.165) is 5.56 Å². The highest BCUT2D eigenvalue weighted by Gasteiger charge is 2.40. The average molecular weight is 432 g/mol. The zero-order valence-corrected chi connectivity index (χ0v) is 17.2. The molecule has 9 heteroatoms. The van der Waals surface area contributed by atoms with Gasteiger partial charge in [0.05, 0.1) is 6.33 Å². The Morgan fingerprint density at radius 1 is 1.10 bits per heavy atom. The van der Waals surface area contributed by atoms with Crippen LogP contribution in [0.4, 0.5) is 8.78 Å². The van der Waals surface area contributed by atoms with Gasteiger partial charge in [-0.3, -0.25) is 0 Å². The topological polar surface area (TPSA) is 67.2 Å². The predicted molar refractivity (Wildman–Crippen MR) is 108 cm³/mol. The van der Waals surface area contributed by atoms with Crippen molar-refractivity contribution in [1.82, 2.24) is 19.2 Å². The lowest BCUT2D eigenvalue weighted by Crippen LogP contribution is -2.36. The maximum Gasteiger partial charge on any atom is 0.262 e. The van der Waals surface area contributed by atoms with Gasteiger partial charge in [-0.1, -0.05) is 30.3 Å². The second kappa shape index (κ2) is 8.25. The number of nitrogens with zero attached hydrogens (tertiary/aromatic N) is 3. The summed E-state index contributed by atoms with van der Waals surface area (Å²) in [6.45, 7) is 0.682. The monoisotopic (exact) mass is 432 g/mol. The highest BCUT2D eigenvalue weighted by atomic mass is 32.2. The van der Waals surface area contributed by atoms with Crippen LogP contribution in [0.3, 0.4) is 0 Å². The summed E-state index contributed by atoms with van der Waals surface area (Å²) < 4.78 is 56.5. The summed E-state index contributed by atoms with van der Waals surface area (Å²) in [4.78, 5) is 3.99. The Labute approximate surface area is 174 Å². The molecular weight excluding hydrogens is 410 g/mol. The van der Waals surface area contributed by atoms with E-state index in [1.165, 1.54) is 35.0 Å². The number of hydrogen-bond donors (Lipinski definition) is 1. The Bertz CT molecular complexity index is 1130. The Morgan fingerprint density at radius 3 is 2.50 bits per heavy atom. The van der Waals surface area contributed by atoms with E-state index in [1.807, 2.05) is 0 Å². The van der Waals surface area contributed by atoms with Gasteiger partial charge in [-0.25, -0.2) is 22.2 Å². The number of nitrogens with one attached hydrogen (secondary N) is 1. The van der Waals surface area contributed by atoms with Crippen LogP contribution in [0, 0.1) is 11.6 Å². The highest BCUT2D eigenvalue weighted by molar-refractivity contribution is 7.89. The fourth-order valence-corrected chi connectivity index (χ4v) is 5.21. The van der Waals surface area contributed by atoms with Crippen molar-refractivity contribution in [3.8, 4) is 0 Å². The van der Waals surface area contributed by atoms with Gasteiger partial charge >= 0.3 is 0 Å². The molecule has 3 aromatic rings. The summed E-state index contributed by atoms with van der Waals surface area (Å²) in [7, 11) is -2.07.